The Morgan fingerprint density at radius 1 is 1.00 bits per heavy atom. The molecular formula is C29H46NO5. The predicted molar refractivity (Wildman–Crippen MR) is 134 cm³/mol. The van der Waals surface area contributed by atoms with Gasteiger partial charge in [0.25, 0.3) is 0 Å². The molecule has 10 atom stereocenters. The lowest BCUT2D eigenvalue weighted by atomic mass is 9.44. The zero-order chi connectivity index (χ0) is 25.4. The summed E-state index contributed by atoms with van der Waals surface area (Å²) in [7, 11) is 0. The first-order valence-corrected chi connectivity index (χ1v) is 14.2. The molecule has 6 nitrogen and oxygen atoms in total. The fourth-order valence-electron chi connectivity index (χ4n) is 9.50. The second kappa shape index (κ2) is 10.5. The lowest BCUT2D eigenvalue weighted by Gasteiger charge is -2.61. The smallest absolute Gasteiger partial charge is 0.326 e. The van der Waals surface area contributed by atoms with Gasteiger partial charge < -0.3 is 15.5 Å². The minimum Gasteiger partial charge on any atom is -0.480 e. The molecule has 1 amide bonds. The third-order valence-corrected chi connectivity index (χ3v) is 11.4. The number of hydrogen-bond donors (Lipinski definition) is 3. The molecule has 0 heterocycles. The van der Waals surface area contributed by atoms with Crippen LogP contribution in [0.4, 0.5) is 0 Å². The van der Waals surface area contributed by atoms with Crippen LogP contribution >= 0.6 is 0 Å². The van der Waals surface area contributed by atoms with Crippen LogP contribution in [0.2, 0.25) is 0 Å². The molecule has 0 saturated heterocycles. The standard InChI is InChI=1S/C29H46NO5/c1-18(6-11-26(33)30-25(27(34)35)5-4-16-31)22-9-10-23-21-8-7-19-17-20(32)12-14-28(19,2)24(21)13-15-29(22,23)3/h18-25,32H,4-15,17H2,1-3H3,(H,30,33)(H,34,35)/t18?,19?,20-,21?,22-,23+,24-,25+,28+,29-/m1/s1. The van der Waals surface area contributed by atoms with Crippen molar-refractivity contribution in [1.29, 1.82) is 0 Å². The summed E-state index contributed by atoms with van der Waals surface area (Å²) < 4.78 is 0. The van der Waals surface area contributed by atoms with Crippen molar-refractivity contribution < 1.29 is 24.6 Å². The molecule has 3 N–H and O–H groups in total. The summed E-state index contributed by atoms with van der Waals surface area (Å²) in [5.74, 6) is 2.76. The topological polar surface area (TPSA) is 104 Å². The summed E-state index contributed by atoms with van der Waals surface area (Å²) in [6.07, 6.45) is 13.7. The van der Waals surface area contributed by atoms with Crippen LogP contribution in [-0.2, 0) is 14.4 Å². The average molecular weight is 489 g/mol. The van der Waals surface area contributed by atoms with Gasteiger partial charge in [0.15, 0.2) is 6.29 Å². The summed E-state index contributed by atoms with van der Waals surface area (Å²) in [5.41, 5.74) is 0.728. The fourth-order valence-corrected chi connectivity index (χ4v) is 9.50. The van der Waals surface area contributed by atoms with Gasteiger partial charge in [-0.1, -0.05) is 20.8 Å². The highest BCUT2D eigenvalue weighted by Gasteiger charge is 2.60. The number of fused-ring (bicyclic) bond motifs is 5. The van der Waals surface area contributed by atoms with Crippen molar-refractivity contribution in [3.05, 3.63) is 0 Å². The molecule has 0 aromatic carbocycles. The molecule has 0 bridgehead atoms. The quantitative estimate of drug-likeness (QED) is 0.429. The zero-order valence-corrected chi connectivity index (χ0v) is 21.9. The summed E-state index contributed by atoms with van der Waals surface area (Å²) in [6.45, 7) is 7.35. The highest BCUT2D eigenvalue weighted by atomic mass is 16.4. The number of carboxylic acid groups (broad SMARTS) is 1. The summed E-state index contributed by atoms with van der Waals surface area (Å²) >= 11 is 0. The summed E-state index contributed by atoms with van der Waals surface area (Å²) in [5, 5.41) is 22.2. The van der Waals surface area contributed by atoms with Crippen molar-refractivity contribution in [1.82, 2.24) is 5.32 Å². The highest BCUT2D eigenvalue weighted by molar-refractivity contribution is 5.83. The van der Waals surface area contributed by atoms with E-state index in [2.05, 4.69) is 26.1 Å². The number of aliphatic hydroxyl groups is 1. The van der Waals surface area contributed by atoms with E-state index >= 15 is 0 Å². The number of rotatable bonds is 9. The van der Waals surface area contributed by atoms with E-state index in [0.717, 1.165) is 37.0 Å². The Kier molecular flexibility index (Phi) is 8.00. The van der Waals surface area contributed by atoms with Gasteiger partial charge in [0.2, 0.25) is 5.91 Å². The van der Waals surface area contributed by atoms with Crippen LogP contribution in [0, 0.1) is 46.3 Å². The van der Waals surface area contributed by atoms with E-state index in [1.807, 2.05) is 0 Å². The molecule has 6 heteroatoms. The second-order valence-corrected chi connectivity index (χ2v) is 13.0. The van der Waals surface area contributed by atoms with E-state index in [1.54, 1.807) is 6.29 Å². The van der Waals surface area contributed by atoms with Gasteiger partial charge >= 0.3 is 5.97 Å². The van der Waals surface area contributed by atoms with Gasteiger partial charge in [-0.05, 0) is 117 Å². The molecule has 35 heavy (non-hydrogen) atoms. The van der Waals surface area contributed by atoms with Crippen LogP contribution in [0.15, 0.2) is 0 Å². The number of carbonyl (C=O) groups excluding carboxylic acids is 2. The first kappa shape index (κ1) is 26.6. The Hall–Kier alpha value is -1.43. The fraction of sp³-hybridized carbons (Fsp3) is 0.897. The first-order chi connectivity index (χ1) is 16.6. The average Bonchev–Trinajstić information content (AvgIpc) is 3.17. The highest BCUT2D eigenvalue weighted by Crippen LogP contribution is 2.68. The number of carboxylic acids is 1. The van der Waals surface area contributed by atoms with Crippen LogP contribution in [-0.4, -0.2) is 40.5 Å². The zero-order valence-electron chi connectivity index (χ0n) is 21.9. The van der Waals surface area contributed by atoms with Crippen molar-refractivity contribution in [2.75, 3.05) is 0 Å². The van der Waals surface area contributed by atoms with E-state index in [9.17, 15) is 24.6 Å². The van der Waals surface area contributed by atoms with Crippen molar-refractivity contribution in [3.63, 3.8) is 0 Å². The maximum absolute atomic E-state index is 12.5. The minimum absolute atomic E-state index is 0.0119. The van der Waals surface area contributed by atoms with E-state index in [-0.39, 0.29) is 24.9 Å². The van der Waals surface area contributed by atoms with Crippen LogP contribution in [0.25, 0.3) is 0 Å². The lowest BCUT2D eigenvalue weighted by Crippen LogP contribution is -2.54. The number of nitrogens with one attached hydrogen (secondary N) is 1. The van der Waals surface area contributed by atoms with Gasteiger partial charge in [-0.2, -0.15) is 0 Å². The molecule has 3 unspecified atom stereocenters. The van der Waals surface area contributed by atoms with E-state index < -0.39 is 12.0 Å². The third kappa shape index (κ3) is 5.06. The van der Waals surface area contributed by atoms with Crippen LogP contribution in [0.5, 0.6) is 0 Å². The number of amides is 1. The van der Waals surface area contributed by atoms with Crippen molar-refractivity contribution >= 4 is 18.2 Å². The summed E-state index contributed by atoms with van der Waals surface area (Å²) in [4.78, 5) is 34.3. The predicted octanol–water partition coefficient (Wildman–Crippen LogP) is 4.88. The Balaban J connectivity index is 1.36. The first-order valence-electron chi connectivity index (χ1n) is 14.2. The van der Waals surface area contributed by atoms with Crippen LogP contribution in [0.3, 0.4) is 0 Å². The van der Waals surface area contributed by atoms with Crippen molar-refractivity contribution in [2.45, 2.75) is 116 Å². The molecular weight excluding hydrogens is 442 g/mol. The third-order valence-electron chi connectivity index (χ3n) is 11.4. The minimum atomic E-state index is -1.10. The van der Waals surface area contributed by atoms with Crippen molar-refractivity contribution in [2.24, 2.45) is 46.3 Å². The summed E-state index contributed by atoms with van der Waals surface area (Å²) in [6, 6.07) is -1.01. The van der Waals surface area contributed by atoms with Gasteiger partial charge in [0.1, 0.15) is 6.04 Å². The van der Waals surface area contributed by atoms with E-state index in [4.69, 9.17) is 0 Å². The molecule has 0 aromatic heterocycles. The van der Waals surface area contributed by atoms with E-state index in [1.165, 1.54) is 44.9 Å². The molecule has 0 aromatic rings. The maximum Gasteiger partial charge on any atom is 0.326 e. The SMILES string of the molecule is CC(CCC(=O)N[C@@H](CC[C]=O)C(=O)O)[C@H]1CC[C@H]2C3CCC4C[C@H](O)CC[C@]4(C)[C@@H]3CC[C@]12C. The molecule has 1 radical (unpaired) electrons. The van der Waals surface area contributed by atoms with Crippen molar-refractivity contribution in [3.8, 4) is 0 Å². The maximum atomic E-state index is 12.5. The number of hydrogen-bond acceptors (Lipinski definition) is 4. The van der Waals surface area contributed by atoms with Gasteiger partial charge in [0.05, 0.1) is 6.10 Å². The van der Waals surface area contributed by atoms with Gasteiger partial charge in [0, 0.05) is 12.8 Å². The molecule has 4 aliphatic rings. The van der Waals surface area contributed by atoms with Crippen LogP contribution in [0.1, 0.15) is 104 Å². The largest absolute Gasteiger partial charge is 0.480 e. The monoisotopic (exact) mass is 488 g/mol. The molecule has 0 aliphatic heterocycles. The Morgan fingerprint density at radius 2 is 1.71 bits per heavy atom. The Bertz CT molecular complexity index is 800. The van der Waals surface area contributed by atoms with Gasteiger partial charge in [-0.3, -0.25) is 9.59 Å². The second-order valence-electron chi connectivity index (χ2n) is 13.0. The Labute approximate surface area is 211 Å². The van der Waals surface area contributed by atoms with Gasteiger partial charge in [-0.25, -0.2) is 4.79 Å². The molecule has 4 rings (SSSR count). The molecule has 4 aliphatic carbocycles. The molecule has 4 saturated carbocycles. The number of aliphatic hydroxyl groups excluding tert-OH is 1. The van der Waals surface area contributed by atoms with Gasteiger partial charge in [-0.15, -0.1) is 0 Å². The molecule has 4 fully saturated rings. The number of carbonyl (C=O) groups is 2. The lowest BCUT2D eigenvalue weighted by molar-refractivity contribution is -0.142. The number of aliphatic carboxylic acids is 1. The van der Waals surface area contributed by atoms with Crippen LogP contribution < -0.4 is 5.32 Å². The van der Waals surface area contributed by atoms with E-state index in [0.29, 0.717) is 35.0 Å². The Morgan fingerprint density at radius 3 is 2.43 bits per heavy atom. The normalized spacial score (nSPS) is 42.2. The molecule has 0 spiro atoms. The molecule has 197 valence electrons.